The highest BCUT2D eigenvalue weighted by atomic mass is 32.1. The van der Waals surface area contributed by atoms with E-state index < -0.39 is 0 Å². The van der Waals surface area contributed by atoms with Crippen LogP contribution in [0.2, 0.25) is 0 Å². The number of pyridine rings is 1. The van der Waals surface area contributed by atoms with Gasteiger partial charge in [-0.1, -0.05) is 25.2 Å². The third-order valence-corrected chi connectivity index (χ3v) is 5.97. The Morgan fingerprint density at radius 3 is 2.41 bits per heavy atom. The molecule has 3 heterocycles. The van der Waals surface area contributed by atoms with Crippen molar-refractivity contribution in [3.63, 3.8) is 0 Å². The summed E-state index contributed by atoms with van der Waals surface area (Å²) in [6.45, 7) is 14.4. The second kappa shape index (κ2) is 9.22. The van der Waals surface area contributed by atoms with E-state index in [1.165, 1.54) is 0 Å². The standard InChI is InChI=1S/C22H32N4O2S/c1-13(2)7-20(27)23-10-19-21(18-8-14(3)24-15(4)9-18)29-22(25-19)26-11-16(5)28-17(6)12-26/h8-9,13,16-17H,7,10-12H2,1-6H3,(H,23,27)/t16-,17+. The number of morpholine rings is 1. The van der Waals surface area contributed by atoms with E-state index in [0.717, 1.165) is 45.7 Å². The number of amides is 1. The minimum atomic E-state index is 0.0659. The smallest absolute Gasteiger partial charge is 0.220 e. The molecule has 1 amide bonds. The Balaban J connectivity index is 1.91. The monoisotopic (exact) mass is 416 g/mol. The van der Waals surface area contributed by atoms with E-state index >= 15 is 0 Å². The molecular formula is C22H32N4O2S. The fourth-order valence-corrected chi connectivity index (χ4v) is 4.83. The van der Waals surface area contributed by atoms with Gasteiger partial charge >= 0.3 is 0 Å². The molecule has 1 aliphatic rings. The van der Waals surface area contributed by atoms with Gasteiger partial charge in [0.2, 0.25) is 5.91 Å². The van der Waals surface area contributed by atoms with Crippen molar-refractivity contribution in [1.29, 1.82) is 0 Å². The first-order chi connectivity index (χ1) is 13.7. The molecule has 2 aromatic rings. The van der Waals surface area contributed by atoms with E-state index in [1.807, 2.05) is 13.8 Å². The van der Waals surface area contributed by atoms with E-state index in [0.29, 0.717) is 18.9 Å². The molecule has 3 rings (SSSR count). The van der Waals surface area contributed by atoms with Crippen molar-refractivity contribution in [2.75, 3.05) is 18.0 Å². The molecule has 2 atom stereocenters. The van der Waals surface area contributed by atoms with Crippen LogP contribution in [0.25, 0.3) is 10.4 Å². The number of hydrogen-bond donors (Lipinski definition) is 1. The van der Waals surface area contributed by atoms with Crippen LogP contribution in [-0.2, 0) is 16.1 Å². The van der Waals surface area contributed by atoms with Crippen molar-refractivity contribution < 1.29 is 9.53 Å². The number of carbonyl (C=O) groups is 1. The molecule has 0 aliphatic carbocycles. The molecule has 0 aromatic carbocycles. The van der Waals surface area contributed by atoms with Crippen LogP contribution >= 0.6 is 11.3 Å². The number of ether oxygens (including phenoxy) is 1. The van der Waals surface area contributed by atoms with E-state index in [2.05, 4.69) is 55.0 Å². The molecule has 29 heavy (non-hydrogen) atoms. The molecule has 158 valence electrons. The van der Waals surface area contributed by atoms with Gasteiger partial charge in [-0.15, -0.1) is 0 Å². The van der Waals surface area contributed by atoms with Gasteiger partial charge in [-0.2, -0.15) is 0 Å². The molecule has 0 unspecified atom stereocenters. The maximum atomic E-state index is 12.2. The van der Waals surface area contributed by atoms with Crippen LogP contribution in [0.3, 0.4) is 0 Å². The Labute approximate surface area is 177 Å². The van der Waals surface area contributed by atoms with Crippen LogP contribution < -0.4 is 10.2 Å². The third-order valence-electron chi connectivity index (χ3n) is 4.77. The minimum Gasteiger partial charge on any atom is -0.372 e. The van der Waals surface area contributed by atoms with Gasteiger partial charge < -0.3 is 15.0 Å². The molecule has 6 nitrogen and oxygen atoms in total. The lowest BCUT2D eigenvalue weighted by atomic mass is 10.1. The summed E-state index contributed by atoms with van der Waals surface area (Å²) in [5, 5.41) is 4.04. The summed E-state index contributed by atoms with van der Waals surface area (Å²) < 4.78 is 5.88. The molecule has 0 radical (unpaired) electrons. The summed E-state index contributed by atoms with van der Waals surface area (Å²) >= 11 is 1.69. The van der Waals surface area contributed by atoms with Crippen LogP contribution in [0, 0.1) is 19.8 Å². The number of anilines is 1. The number of rotatable bonds is 6. The zero-order valence-corrected chi connectivity index (χ0v) is 19.1. The topological polar surface area (TPSA) is 67.3 Å². The number of nitrogens with zero attached hydrogens (tertiary/aromatic N) is 3. The van der Waals surface area contributed by atoms with Crippen molar-refractivity contribution in [2.45, 2.75) is 66.7 Å². The highest BCUT2D eigenvalue weighted by Gasteiger charge is 2.26. The van der Waals surface area contributed by atoms with Crippen molar-refractivity contribution in [3.05, 3.63) is 29.2 Å². The first-order valence-corrected chi connectivity index (χ1v) is 11.2. The number of hydrogen-bond acceptors (Lipinski definition) is 6. The zero-order valence-electron chi connectivity index (χ0n) is 18.3. The van der Waals surface area contributed by atoms with Crippen molar-refractivity contribution in [3.8, 4) is 10.4 Å². The average Bonchev–Trinajstić information content (AvgIpc) is 3.02. The Hall–Kier alpha value is -1.99. The Kier molecular flexibility index (Phi) is 6.90. The molecule has 1 fully saturated rings. The van der Waals surface area contributed by atoms with E-state index in [4.69, 9.17) is 9.72 Å². The second-order valence-corrected chi connectivity index (χ2v) is 9.43. The van der Waals surface area contributed by atoms with Gasteiger partial charge in [0.25, 0.3) is 0 Å². The number of aromatic nitrogens is 2. The molecule has 7 heteroatoms. The van der Waals surface area contributed by atoms with Crippen molar-refractivity contribution in [2.24, 2.45) is 5.92 Å². The van der Waals surface area contributed by atoms with Crippen molar-refractivity contribution in [1.82, 2.24) is 15.3 Å². The first kappa shape index (κ1) is 21.7. The minimum absolute atomic E-state index is 0.0659. The first-order valence-electron chi connectivity index (χ1n) is 10.3. The fourth-order valence-electron chi connectivity index (χ4n) is 3.74. The van der Waals surface area contributed by atoms with Gasteiger partial charge in [0.1, 0.15) is 0 Å². The Morgan fingerprint density at radius 1 is 1.21 bits per heavy atom. The molecule has 2 aromatic heterocycles. The molecular weight excluding hydrogens is 384 g/mol. The van der Waals surface area contributed by atoms with E-state index in [-0.39, 0.29) is 18.1 Å². The molecule has 0 spiro atoms. The lowest BCUT2D eigenvalue weighted by molar-refractivity contribution is -0.121. The lowest BCUT2D eigenvalue weighted by Crippen LogP contribution is -2.45. The average molecular weight is 417 g/mol. The maximum absolute atomic E-state index is 12.2. The predicted octanol–water partition coefficient (Wildman–Crippen LogP) is 4.10. The van der Waals surface area contributed by atoms with Crippen molar-refractivity contribution >= 4 is 22.4 Å². The summed E-state index contributed by atoms with van der Waals surface area (Å²) in [7, 11) is 0. The van der Waals surface area contributed by atoms with Crippen LogP contribution in [-0.4, -0.2) is 41.2 Å². The fraction of sp³-hybridized carbons (Fsp3) is 0.591. The van der Waals surface area contributed by atoms with Crippen LogP contribution in [0.15, 0.2) is 12.1 Å². The molecule has 1 N–H and O–H groups in total. The Bertz CT molecular complexity index is 834. The summed E-state index contributed by atoms with van der Waals surface area (Å²) in [5.74, 6) is 0.401. The highest BCUT2D eigenvalue weighted by Crippen LogP contribution is 2.36. The summed E-state index contributed by atoms with van der Waals surface area (Å²) in [5.41, 5.74) is 4.00. The molecule has 1 aliphatic heterocycles. The molecule has 0 bridgehead atoms. The quantitative estimate of drug-likeness (QED) is 0.768. The normalized spacial score (nSPS) is 19.6. The molecule has 1 saturated heterocycles. The molecule has 0 saturated carbocycles. The van der Waals surface area contributed by atoms with Gasteiger partial charge in [-0.3, -0.25) is 9.78 Å². The number of aryl methyl sites for hydroxylation is 2. The van der Waals surface area contributed by atoms with Gasteiger partial charge in [0.05, 0.1) is 29.3 Å². The predicted molar refractivity (Wildman–Crippen MR) is 118 cm³/mol. The zero-order chi connectivity index (χ0) is 21.1. The number of nitrogens with one attached hydrogen (secondary N) is 1. The lowest BCUT2D eigenvalue weighted by Gasteiger charge is -2.35. The summed E-state index contributed by atoms with van der Waals surface area (Å²) in [4.78, 5) is 25.0. The number of thiazole rings is 1. The van der Waals surface area contributed by atoms with E-state index in [9.17, 15) is 4.79 Å². The highest BCUT2D eigenvalue weighted by molar-refractivity contribution is 7.19. The SMILES string of the molecule is Cc1cc(-c2sc(N3C[C@@H](C)O[C@@H](C)C3)nc2CNC(=O)CC(C)C)cc(C)n1. The van der Waals surface area contributed by atoms with Crippen LogP contribution in [0.1, 0.15) is 51.2 Å². The third kappa shape index (κ3) is 5.76. The summed E-state index contributed by atoms with van der Waals surface area (Å²) in [6, 6.07) is 4.18. The van der Waals surface area contributed by atoms with Crippen LogP contribution in [0.5, 0.6) is 0 Å². The largest absolute Gasteiger partial charge is 0.372 e. The van der Waals surface area contributed by atoms with Crippen LogP contribution in [0.4, 0.5) is 5.13 Å². The Morgan fingerprint density at radius 2 is 1.83 bits per heavy atom. The van der Waals surface area contributed by atoms with Gasteiger partial charge in [-0.05, 0) is 51.3 Å². The number of carbonyl (C=O) groups excluding carboxylic acids is 1. The summed E-state index contributed by atoms with van der Waals surface area (Å²) in [6.07, 6.45) is 0.870. The van der Waals surface area contributed by atoms with Gasteiger partial charge in [0.15, 0.2) is 5.13 Å². The maximum Gasteiger partial charge on any atom is 0.220 e. The van der Waals surface area contributed by atoms with Gasteiger partial charge in [0, 0.05) is 30.9 Å². The van der Waals surface area contributed by atoms with E-state index in [1.54, 1.807) is 11.3 Å². The van der Waals surface area contributed by atoms with Gasteiger partial charge in [-0.25, -0.2) is 4.98 Å². The second-order valence-electron chi connectivity index (χ2n) is 8.45.